The number of hydrogen-bond donors (Lipinski definition) is 0. The predicted octanol–water partition coefficient (Wildman–Crippen LogP) is 16.8. The lowest BCUT2D eigenvalue weighted by atomic mass is 9.78. The van der Waals surface area contributed by atoms with Gasteiger partial charge in [0.25, 0.3) is 6.33 Å². The van der Waals surface area contributed by atoms with Crippen LogP contribution in [0.15, 0.2) is 164 Å². The summed E-state index contributed by atoms with van der Waals surface area (Å²) in [6, 6.07) is 40.7. The van der Waals surface area contributed by atoms with Gasteiger partial charge in [-0.15, -0.1) is 0 Å². The fraction of sp³-hybridized carbons (Fsp3) is 0.262. The lowest BCUT2D eigenvalue weighted by molar-refractivity contribution is -0.574. The Kier molecular flexibility index (Phi) is 9.15. The van der Waals surface area contributed by atoms with Crippen molar-refractivity contribution in [2.45, 2.75) is 112 Å². The molecule has 7 aromatic carbocycles. The van der Waals surface area contributed by atoms with E-state index in [4.69, 9.17) is 20.7 Å². The van der Waals surface area contributed by atoms with Crippen molar-refractivity contribution in [1.29, 1.82) is 0 Å². The van der Waals surface area contributed by atoms with E-state index in [1.54, 1.807) is 0 Å². The highest BCUT2D eigenvalue weighted by Crippen LogP contribution is 2.40. The van der Waals surface area contributed by atoms with E-state index in [0.29, 0.717) is 17.0 Å². The SMILES string of the molecule is [2H]c1c([2H])c([2H])c(-c2cnc(-n3c4ccccc4c4ccc(Oc5cccc(-n6[c-][n+](-c7c(C(C)(C)C)cccc7C(C)(C)C)c7ccc(-c8cc(C(C)(C)C)cc(C(C)(C)C)c8)cc76)c5)cc43)cc2C([2H])([2H])[2H])c([2H])c1[2H]. The normalized spacial score (nSPS) is 14.5. The molecular formula is C65H66N4O. The number of hydrogen-bond acceptors (Lipinski definition) is 2. The first-order valence-electron chi connectivity index (χ1n) is 28.1. The molecule has 0 N–H and O–H groups in total. The molecule has 3 heterocycles. The van der Waals surface area contributed by atoms with E-state index in [1.165, 1.54) is 34.5 Å². The van der Waals surface area contributed by atoms with Crippen LogP contribution in [-0.4, -0.2) is 14.1 Å². The minimum atomic E-state index is -2.74. The summed E-state index contributed by atoms with van der Waals surface area (Å²) in [5.74, 6) is 1.38. The summed E-state index contributed by atoms with van der Waals surface area (Å²) in [6.07, 6.45) is 5.17. The number of benzene rings is 7. The largest absolute Gasteiger partial charge is 0.458 e. The fourth-order valence-electron chi connectivity index (χ4n) is 9.53. The van der Waals surface area contributed by atoms with Crippen molar-refractivity contribution in [2.75, 3.05) is 0 Å². The third kappa shape index (κ3) is 8.61. The molecule has 10 aromatic rings. The maximum atomic E-state index is 8.67. The van der Waals surface area contributed by atoms with Gasteiger partial charge in [0.2, 0.25) is 0 Å². The molecule has 5 nitrogen and oxygen atoms in total. The quantitative estimate of drug-likeness (QED) is 0.118. The Hall–Kier alpha value is -7.24. The molecule has 0 unspecified atom stereocenters. The Balaban J connectivity index is 1.13. The number of pyridine rings is 1. The van der Waals surface area contributed by atoms with Gasteiger partial charge >= 0.3 is 0 Å². The van der Waals surface area contributed by atoms with Crippen molar-refractivity contribution >= 4 is 32.8 Å². The van der Waals surface area contributed by atoms with Crippen LogP contribution < -0.4 is 9.30 Å². The molecule has 0 bridgehead atoms. The van der Waals surface area contributed by atoms with Crippen molar-refractivity contribution in [3.05, 3.63) is 198 Å². The van der Waals surface area contributed by atoms with Crippen LogP contribution in [0.25, 0.3) is 72.3 Å². The number of aromatic nitrogens is 4. The highest BCUT2D eigenvalue weighted by atomic mass is 16.5. The van der Waals surface area contributed by atoms with E-state index >= 15 is 0 Å². The van der Waals surface area contributed by atoms with Gasteiger partial charge in [0.05, 0.1) is 40.3 Å². The summed E-state index contributed by atoms with van der Waals surface area (Å²) < 4.78 is 81.0. The first-order valence-corrected chi connectivity index (χ1v) is 24.1. The summed E-state index contributed by atoms with van der Waals surface area (Å²) >= 11 is 0. The van der Waals surface area contributed by atoms with Crippen LogP contribution >= 0.6 is 0 Å². The molecule has 352 valence electrons. The molecule has 0 aliphatic heterocycles. The molecule has 3 aromatic heterocycles. The van der Waals surface area contributed by atoms with E-state index in [-0.39, 0.29) is 44.2 Å². The molecular weight excluding hydrogens is 853 g/mol. The van der Waals surface area contributed by atoms with Gasteiger partial charge in [-0.25, -0.2) is 4.98 Å². The number of nitrogens with zero attached hydrogens (tertiary/aromatic N) is 4. The summed E-state index contributed by atoms with van der Waals surface area (Å²) in [5.41, 5.74) is 11.6. The lowest BCUT2D eigenvalue weighted by Crippen LogP contribution is -2.37. The van der Waals surface area contributed by atoms with Crippen molar-refractivity contribution in [2.24, 2.45) is 0 Å². The highest BCUT2D eigenvalue weighted by Gasteiger charge is 2.29. The molecule has 0 amide bonds. The van der Waals surface area contributed by atoms with Crippen LogP contribution in [0.2, 0.25) is 0 Å². The molecule has 0 radical (unpaired) electrons. The maximum absolute atomic E-state index is 8.67. The second-order valence-electron chi connectivity index (χ2n) is 22.7. The molecule has 5 heteroatoms. The van der Waals surface area contributed by atoms with Crippen LogP contribution in [0.5, 0.6) is 11.5 Å². The van der Waals surface area contributed by atoms with Crippen LogP contribution in [0.4, 0.5) is 0 Å². The Morgan fingerprint density at radius 3 is 1.89 bits per heavy atom. The van der Waals surface area contributed by atoms with E-state index in [9.17, 15) is 0 Å². The number of ether oxygens (including phenoxy) is 1. The van der Waals surface area contributed by atoms with Gasteiger partial charge in [0, 0.05) is 32.7 Å². The molecule has 0 fully saturated rings. The Morgan fingerprint density at radius 2 is 1.21 bits per heavy atom. The van der Waals surface area contributed by atoms with Crippen molar-refractivity contribution < 1.29 is 20.3 Å². The zero-order chi connectivity index (χ0) is 56.3. The standard InChI is InChI=1S/C65H66N4O/c1-42-33-60(66-40-53(42)43-21-15-14-16-22-43)69-56-28-18-17-25-51(56)52-31-30-50(39-58(52)69)70-49-24-19-23-48(38-49)67-41-68(61-54(64(8,9)10)26-20-27-55(61)65(11,12)13)57-32-29-44(36-59(57)67)45-34-46(62(2,3)4)37-47(35-45)63(5,6)7/h14-40H,1-13H3/i1D3,14D,15D,16D,21D,22D. The molecule has 10 rings (SSSR count). The number of rotatable bonds is 7. The number of para-hydroxylation sites is 2. The molecule has 0 saturated heterocycles. The monoisotopic (exact) mass is 927 g/mol. The molecule has 0 atom stereocenters. The summed E-state index contributed by atoms with van der Waals surface area (Å²) in [6.45, 7) is 24.4. The topological polar surface area (TPSA) is 35.9 Å². The zero-order valence-corrected chi connectivity index (χ0v) is 42.4. The molecule has 70 heavy (non-hydrogen) atoms. The summed E-state index contributed by atoms with van der Waals surface area (Å²) in [5, 5.41) is 1.78. The van der Waals surface area contributed by atoms with Gasteiger partial charge in [0.1, 0.15) is 17.3 Å². The lowest BCUT2D eigenvalue weighted by Gasteiger charge is -2.30. The van der Waals surface area contributed by atoms with E-state index in [0.717, 1.165) is 49.8 Å². The average molecular weight is 927 g/mol. The minimum Gasteiger partial charge on any atom is -0.458 e. The molecule has 0 spiro atoms. The van der Waals surface area contributed by atoms with Crippen LogP contribution in [-0.2, 0) is 21.7 Å². The van der Waals surface area contributed by atoms with Crippen molar-refractivity contribution in [1.82, 2.24) is 14.1 Å². The number of imidazole rings is 1. The van der Waals surface area contributed by atoms with Crippen LogP contribution in [0.1, 0.15) is 122 Å². The van der Waals surface area contributed by atoms with Gasteiger partial charge in [0.15, 0.2) is 0 Å². The molecule has 0 aliphatic carbocycles. The summed E-state index contributed by atoms with van der Waals surface area (Å²) in [4.78, 5) is 4.76. The van der Waals surface area contributed by atoms with E-state index in [2.05, 4.69) is 159 Å². The first kappa shape index (κ1) is 37.6. The fourth-order valence-corrected chi connectivity index (χ4v) is 9.53. The minimum absolute atomic E-state index is 0.0626. The average Bonchev–Trinajstić information content (AvgIpc) is 3.97. The molecule has 0 aliphatic rings. The van der Waals surface area contributed by atoms with E-state index in [1.807, 2.05) is 65.2 Å². The Bertz CT molecular complexity index is 3950. The number of fused-ring (bicyclic) bond motifs is 4. The van der Waals surface area contributed by atoms with Gasteiger partial charge in [-0.05, 0) is 122 Å². The third-order valence-corrected chi connectivity index (χ3v) is 13.4. The zero-order valence-electron chi connectivity index (χ0n) is 50.4. The van der Waals surface area contributed by atoms with Gasteiger partial charge in [-0.1, -0.05) is 186 Å². The highest BCUT2D eigenvalue weighted by molar-refractivity contribution is 6.09. The second kappa shape index (κ2) is 17.0. The van der Waals surface area contributed by atoms with Crippen molar-refractivity contribution in [3.8, 4) is 50.9 Å². The third-order valence-electron chi connectivity index (χ3n) is 13.4. The van der Waals surface area contributed by atoms with Crippen LogP contribution in [0.3, 0.4) is 0 Å². The summed E-state index contributed by atoms with van der Waals surface area (Å²) in [7, 11) is 0. The first-order chi connectivity index (χ1) is 36.4. The number of aryl methyl sites for hydroxylation is 1. The Labute approximate surface area is 426 Å². The maximum Gasteiger partial charge on any atom is 0.269 e. The predicted molar refractivity (Wildman–Crippen MR) is 293 cm³/mol. The smallest absolute Gasteiger partial charge is 0.269 e. The second-order valence-corrected chi connectivity index (χ2v) is 22.7. The van der Waals surface area contributed by atoms with Gasteiger partial charge in [-0.3, -0.25) is 13.7 Å². The molecule has 0 saturated carbocycles. The van der Waals surface area contributed by atoms with Crippen LogP contribution in [0, 0.1) is 13.2 Å². The van der Waals surface area contributed by atoms with E-state index < -0.39 is 37.1 Å². The van der Waals surface area contributed by atoms with Gasteiger partial charge < -0.3 is 4.74 Å². The Morgan fingerprint density at radius 1 is 0.557 bits per heavy atom. The van der Waals surface area contributed by atoms with Crippen molar-refractivity contribution in [3.63, 3.8) is 0 Å². The van der Waals surface area contributed by atoms with Gasteiger partial charge in [-0.2, -0.15) is 0 Å².